The van der Waals surface area contributed by atoms with Gasteiger partial charge in [0.2, 0.25) is 5.91 Å². The molecule has 0 spiro atoms. The minimum absolute atomic E-state index is 0.0471. The topological polar surface area (TPSA) is 105 Å². The van der Waals surface area contributed by atoms with Gasteiger partial charge in [-0.05, 0) is 57.8 Å². The highest BCUT2D eigenvalue weighted by Crippen LogP contribution is 2.43. The molecule has 52 heavy (non-hydrogen) atoms. The van der Waals surface area contributed by atoms with Crippen LogP contribution in [0.15, 0.2) is 72.9 Å². The van der Waals surface area contributed by atoms with Crippen LogP contribution in [0.1, 0.15) is 142 Å². The predicted octanol–water partition coefficient (Wildman–Crippen LogP) is 10.9. The van der Waals surface area contributed by atoms with Crippen molar-refractivity contribution in [2.24, 2.45) is 0 Å². The van der Waals surface area contributed by atoms with E-state index in [9.17, 15) is 19.4 Å². The second-order valence-electron chi connectivity index (χ2n) is 14.6. The number of quaternary nitrogens is 1. The standard InChI is InChI=1S/C43H77N2O6P/c1-6-8-10-12-14-16-18-20-21-22-23-25-27-29-31-33-35-37-43(47)44-41(40-51-52(48,49)50-39-38-45(3,4)5)42(46)36-34-32-30-28-26-24-19-17-15-13-11-9-7-2/h8,10,14,16,20-21,23,25,29,31,34,36,41-42,46H,6-7,9,11-13,15,17-19,22,24,26-28,30,32-33,35,37-40H2,1-5H3,(H-,44,47,48,49)/p+1/b10-8-,16-14-,21-20-,25-23-,31-29-,36-34+/t41-,42+/m1/s1. The third-order valence-electron chi connectivity index (χ3n) is 8.43. The number of phosphoric ester groups is 1. The van der Waals surface area contributed by atoms with Crippen molar-refractivity contribution >= 4 is 13.7 Å². The molecule has 0 aromatic rings. The Bertz CT molecular complexity index is 1080. The quantitative estimate of drug-likeness (QED) is 0.0258. The smallest absolute Gasteiger partial charge is 0.387 e. The monoisotopic (exact) mass is 750 g/mol. The molecule has 0 aliphatic heterocycles. The van der Waals surface area contributed by atoms with Crippen molar-refractivity contribution in [3.63, 3.8) is 0 Å². The van der Waals surface area contributed by atoms with E-state index in [0.29, 0.717) is 17.4 Å². The van der Waals surface area contributed by atoms with Crippen LogP contribution in [-0.4, -0.2) is 73.4 Å². The first-order valence-corrected chi connectivity index (χ1v) is 21.8. The fourth-order valence-electron chi connectivity index (χ4n) is 5.19. The minimum Gasteiger partial charge on any atom is -0.387 e. The number of rotatable bonds is 35. The zero-order valence-electron chi connectivity index (χ0n) is 33.8. The molecule has 0 bridgehead atoms. The van der Waals surface area contributed by atoms with E-state index in [0.717, 1.165) is 57.8 Å². The molecule has 0 aromatic heterocycles. The fraction of sp³-hybridized carbons (Fsp3) is 0.698. The van der Waals surface area contributed by atoms with Crippen molar-refractivity contribution < 1.29 is 32.9 Å². The molecule has 1 amide bonds. The average molecular weight is 750 g/mol. The summed E-state index contributed by atoms with van der Waals surface area (Å²) in [4.78, 5) is 23.0. The number of nitrogens with zero attached hydrogens (tertiary/aromatic N) is 1. The second-order valence-corrected chi connectivity index (χ2v) is 16.1. The molecule has 3 N–H and O–H groups in total. The number of hydrogen-bond donors (Lipinski definition) is 3. The lowest BCUT2D eigenvalue weighted by Gasteiger charge is -2.25. The van der Waals surface area contributed by atoms with Crippen molar-refractivity contribution in [3.8, 4) is 0 Å². The number of aliphatic hydroxyl groups is 1. The van der Waals surface area contributed by atoms with Crippen LogP contribution >= 0.6 is 7.82 Å². The van der Waals surface area contributed by atoms with Crippen molar-refractivity contribution in [3.05, 3.63) is 72.9 Å². The van der Waals surface area contributed by atoms with Gasteiger partial charge in [0.15, 0.2) is 0 Å². The summed E-state index contributed by atoms with van der Waals surface area (Å²) in [5.74, 6) is -0.238. The first kappa shape index (κ1) is 49.9. The van der Waals surface area contributed by atoms with E-state index in [4.69, 9.17) is 9.05 Å². The van der Waals surface area contributed by atoms with E-state index in [1.807, 2.05) is 27.2 Å². The number of carbonyl (C=O) groups excluding carboxylic acids is 1. The van der Waals surface area contributed by atoms with Gasteiger partial charge in [0.1, 0.15) is 13.2 Å². The number of likely N-dealkylation sites (N-methyl/N-ethyl adjacent to an activating group) is 1. The zero-order valence-corrected chi connectivity index (χ0v) is 34.7. The van der Waals surface area contributed by atoms with E-state index in [2.05, 4.69) is 79.9 Å². The molecule has 0 fully saturated rings. The Labute approximate surface area is 319 Å². The minimum atomic E-state index is -4.35. The fourth-order valence-corrected chi connectivity index (χ4v) is 5.93. The maximum Gasteiger partial charge on any atom is 0.472 e. The Morgan fingerprint density at radius 2 is 1.15 bits per heavy atom. The number of unbranched alkanes of at least 4 members (excludes halogenated alkanes) is 12. The van der Waals surface area contributed by atoms with Gasteiger partial charge in [0.05, 0.1) is 39.9 Å². The lowest BCUT2D eigenvalue weighted by Crippen LogP contribution is -2.45. The van der Waals surface area contributed by atoms with Gasteiger partial charge in [0, 0.05) is 6.42 Å². The van der Waals surface area contributed by atoms with E-state index >= 15 is 0 Å². The third-order valence-corrected chi connectivity index (χ3v) is 9.42. The molecule has 1 unspecified atom stereocenters. The van der Waals surface area contributed by atoms with Crippen molar-refractivity contribution in [2.75, 3.05) is 40.9 Å². The first-order chi connectivity index (χ1) is 25.0. The number of phosphoric acid groups is 1. The van der Waals surface area contributed by atoms with Crippen LogP contribution in [-0.2, 0) is 18.4 Å². The highest BCUT2D eigenvalue weighted by molar-refractivity contribution is 7.47. The van der Waals surface area contributed by atoms with Crippen LogP contribution in [0.4, 0.5) is 0 Å². The molecule has 3 atom stereocenters. The van der Waals surface area contributed by atoms with Gasteiger partial charge in [-0.15, -0.1) is 0 Å². The maximum absolute atomic E-state index is 12.8. The Balaban J connectivity index is 4.62. The highest BCUT2D eigenvalue weighted by Gasteiger charge is 2.27. The summed E-state index contributed by atoms with van der Waals surface area (Å²) >= 11 is 0. The summed E-state index contributed by atoms with van der Waals surface area (Å²) in [6, 6.07) is -0.878. The molecule has 0 radical (unpaired) electrons. The summed E-state index contributed by atoms with van der Waals surface area (Å²) in [6.45, 7) is 4.62. The van der Waals surface area contributed by atoms with Gasteiger partial charge in [-0.2, -0.15) is 0 Å². The molecule has 0 aliphatic carbocycles. The lowest BCUT2D eigenvalue weighted by atomic mass is 10.0. The highest BCUT2D eigenvalue weighted by atomic mass is 31.2. The van der Waals surface area contributed by atoms with Gasteiger partial charge < -0.3 is 19.8 Å². The van der Waals surface area contributed by atoms with Gasteiger partial charge in [-0.25, -0.2) is 4.57 Å². The summed E-state index contributed by atoms with van der Waals surface area (Å²) in [5, 5.41) is 13.7. The van der Waals surface area contributed by atoms with Gasteiger partial charge >= 0.3 is 7.82 Å². The number of nitrogens with one attached hydrogen (secondary N) is 1. The molecule has 300 valence electrons. The second kappa shape index (κ2) is 34.7. The molecule has 9 heteroatoms. The zero-order chi connectivity index (χ0) is 38.6. The molecule has 0 saturated heterocycles. The molecule has 0 aliphatic rings. The number of allylic oxidation sites excluding steroid dienone is 11. The molecular formula is C43H78N2O6P+. The van der Waals surface area contributed by atoms with Crippen molar-refractivity contribution in [2.45, 2.75) is 154 Å². The SMILES string of the molecule is CC/C=C\C/C=C\C/C=C\C/C=C\C/C=C\CCCC(=O)N[C@H](COP(=O)(O)OCC[N+](C)(C)C)[C@@H](O)/C=C/CCCCCCCCCCCCC. The Morgan fingerprint density at radius 1 is 0.673 bits per heavy atom. The van der Waals surface area contributed by atoms with Crippen LogP contribution in [0.5, 0.6) is 0 Å². The number of hydrogen-bond acceptors (Lipinski definition) is 5. The van der Waals surface area contributed by atoms with Gasteiger partial charge in [-0.3, -0.25) is 13.8 Å². The van der Waals surface area contributed by atoms with Gasteiger partial charge in [0.25, 0.3) is 0 Å². The molecule has 0 heterocycles. The van der Waals surface area contributed by atoms with Crippen LogP contribution in [0, 0.1) is 0 Å². The maximum atomic E-state index is 12.8. The molecule has 0 saturated carbocycles. The van der Waals surface area contributed by atoms with Crippen LogP contribution < -0.4 is 5.32 Å². The largest absolute Gasteiger partial charge is 0.472 e. The first-order valence-electron chi connectivity index (χ1n) is 20.3. The number of amides is 1. The van der Waals surface area contributed by atoms with E-state index in [1.54, 1.807) is 6.08 Å². The summed E-state index contributed by atoms with van der Waals surface area (Å²) in [6.07, 6.45) is 45.4. The van der Waals surface area contributed by atoms with E-state index < -0.39 is 20.0 Å². The summed E-state index contributed by atoms with van der Waals surface area (Å²) in [7, 11) is 1.52. The molecular weight excluding hydrogens is 671 g/mol. The normalized spacial score (nSPS) is 15.3. The number of carbonyl (C=O) groups is 1. The summed E-state index contributed by atoms with van der Waals surface area (Å²) < 4.78 is 23.4. The Hall–Kier alpha value is -2.06. The van der Waals surface area contributed by atoms with Crippen LogP contribution in [0.25, 0.3) is 0 Å². The predicted molar refractivity (Wildman–Crippen MR) is 221 cm³/mol. The molecule has 0 aromatic carbocycles. The lowest BCUT2D eigenvalue weighted by molar-refractivity contribution is -0.870. The number of aliphatic hydroxyl groups excluding tert-OH is 1. The van der Waals surface area contributed by atoms with E-state index in [1.165, 1.54) is 57.8 Å². The molecule has 8 nitrogen and oxygen atoms in total. The van der Waals surface area contributed by atoms with Gasteiger partial charge in [-0.1, -0.05) is 151 Å². The van der Waals surface area contributed by atoms with Crippen LogP contribution in [0.3, 0.4) is 0 Å². The van der Waals surface area contributed by atoms with Crippen molar-refractivity contribution in [1.82, 2.24) is 5.32 Å². The Morgan fingerprint density at radius 3 is 1.67 bits per heavy atom. The summed E-state index contributed by atoms with van der Waals surface area (Å²) in [5.41, 5.74) is 0. The van der Waals surface area contributed by atoms with Crippen LogP contribution in [0.2, 0.25) is 0 Å². The average Bonchev–Trinajstić information content (AvgIpc) is 3.09. The van der Waals surface area contributed by atoms with Crippen molar-refractivity contribution in [1.29, 1.82) is 0 Å². The Kier molecular flexibility index (Phi) is 33.3. The van der Waals surface area contributed by atoms with E-state index in [-0.39, 0.29) is 25.5 Å². The third kappa shape index (κ3) is 36.3. The molecule has 0 rings (SSSR count).